The number of allylic oxidation sites excluding steroid dienone is 2. The van der Waals surface area contributed by atoms with E-state index < -0.39 is 11.4 Å². The lowest BCUT2D eigenvalue weighted by atomic mass is 9.81. The van der Waals surface area contributed by atoms with Crippen LogP contribution in [-0.4, -0.2) is 33.5 Å². The third-order valence-electron chi connectivity index (χ3n) is 5.02. The van der Waals surface area contributed by atoms with Crippen molar-refractivity contribution in [3.63, 3.8) is 0 Å². The third-order valence-corrected chi connectivity index (χ3v) is 5.23. The van der Waals surface area contributed by atoms with Gasteiger partial charge >= 0.3 is 0 Å². The zero-order chi connectivity index (χ0) is 21.0. The van der Waals surface area contributed by atoms with Crippen LogP contribution in [0.15, 0.2) is 52.7 Å². The van der Waals surface area contributed by atoms with Crippen LogP contribution in [0, 0.1) is 0 Å². The fourth-order valence-electron chi connectivity index (χ4n) is 3.61. The first kappa shape index (κ1) is 20.8. The van der Waals surface area contributed by atoms with Crippen LogP contribution in [0.25, 0.3) is 11.0 Å². The Morgan fingerprint density at radius 1 is 1.62 bits per heavy atom. The van der Waals surface area contributed by atoms with E-state index in [0.29, 0.717) is 28.0 Å². The number of aliphatic imine (C=N–C) groups is 2. The molecular formula is C20H22ClFN6O. The van der Waals surface area contributed by atoms with E-state index >= 15 is 0 Å². The van der Waals surface area contributed by atoms with Crippen molar-refractivity contribution >= 4 is 34.5 Å². The molecule has 0 bridgehead atoms. The van der Waals surface area contributed by atoms with Crippen LogP contribution in [0.5, 0.6) is 0 Å². The number of aromatic nitrogens is 2. The summed E-state index contributed by atoms with van der Waals surface area (Å²) in [5, 5.41) is 4.23. The van der Waals surface area contributed by atoms with Crippen molar-refractivity contribution in [1.29, 1.82) is 0 Å². The molecule has 152 valence electrons. The van der Waals surface area contributed by atoms with E-state index in [4.69, 9.17) is 17.3 Å². The largest absolute Gasteiger partial charge is 0.383 e. The Bertz CT molecular complexity index is 1040. The molecule has 1 aliphatic rings. The second-order valence-corrected chi connectivity index (χ2v) is 7.72. The van der Waals surface area contributed by atoms with Gasteiger partial charge in [0, 0.05) is 29.4 Å². The molecule has 2 aromatic heterocycles. The number of aromatic amines is 1. The number of nitrogens with zero attached hydrogens (tertiary/aromatic N) is 3. The maximum absolute atomic E-state index is 14.5. The van der Waals surface area contributed by atoms with Crippen molar-refractivity contribution in [1.82, 2.24) is 15.3 Å². The highest BCUT2D eigenvalue weighted by molar-refractivity contribution is 6.31. The Labute approximate surface area is 172 Å². The fraction of sp³-hybridized carbons (Fsp3) is 0.350. The number of nitrogens with two attached hydrogens (primary N) is 1. The molecule has 0 aliphatic heterocycles. The monoisotopic (exact) mass is 416 g/mol. The number of pyridine rings is 1. The van der Waals surface area contributed by atoms with Crippen molar-refractivity contribution in [3.05, 3.63) is 53.3 Å². The standard InChI is InChI=1S/C20H22ClFN6O/c1-3-16(22)19(27-13-5-4-6-20(2,8-13)26-11-29)28-17(23)15-10-25-18-14(15)7-12(21)9-24-18/h3,7,9-10,13,27H,1,4-6,8H2,2H3,(H2,23,28)(H,24,25)/b19-16+/t13-,20+/m0/s1. The summed E-state index contributed by atoms with van der Waals surface area (Å²) in [5.41, 5.74) is 6.80. The first-order valence-corrected chi connectivity index (χ1v) is 9.58. The van der Waals surface area contributed by atoms with E-state index in [9.17, 15) is 9.18 Å². The number of H-pyrrole nitrogens is 1. The van der Waals surface area contributed by atoms with E-state index in [1.165, 1.54) is 6.20 Å². The topological polar surface area (TPSA) is 109 Å². The van der Waals surface area contributed by atoms with Crippen LogP contribution in [-0.2, 0) is 4.79 Å². The van der Waals surface area contributed by atoms with Gasteiger partial charge in [0.2, 0.25) is 6.08 Å². The summed E-state index contributed by atoms with van der Waals surface area (Å²) < 4.78 is 14.5. The summed E-state index contributed by atoms with van der Waals surface area (Å²) in [6.07, 6.45) is 8.83. The molecule has 9 heteroatoms. The van der Waals surface area contributed by atoms with E-state index in [1.807, 2.05) is 6.92 Å². The molecule has 4 N–H and O–H groups in total. The average Bonchev–Trinajstić information content (AvgIpc) is 3.10. The zero-order valence-electron chi connectivity index (χ0n) is 16.0. The third kappa shape index (κ3) is 4.72. The molecule has 0 saturated heterocycles. The Balaban J connectivity index is 1.90. The van der Waals surface area contributed by atoms with Gasteiger partial charge in [-0.05, 0) is 44.7 Å². The van der Waals surface area contributed by atoms with Crippen molar-refractivity contribution in [2.24, 2.45) is 15.7 Å². The lowest BCUT2D eigenvalue weighted by Gasteiger charge is -2.34. The number of isocyanates is 1. The predicted molar refractivity (Wildman–Crippen MR) is 112 cm³/mol. The number of nitrogens with one attached hydrogen (secondary N) is 2. The van der Waals surface area contributed by atoms with Gasteiger partial charge in [-0.3, -0.25) is 0 Å². The molecule has 1 fully saturated rings. The SMILES string of the molecule is C=C/C(F)=C(\N=C(/N)c1c[nH]c2ncc(Cl)cc12)N[C@H]1CCC[C@@](C)(N=C=O)C1. The Kier molecular flexibility index (Phi) is 6.15. The summed E-state index contributed by atoms with van der Waals surface area (Å²) in [5.74, 6) is -0.550. The molecule has 2 aromatic rings. The molecule has 3 rings (SSSR count). The van der Waals surface area contributed by atoms with E-state index in [0.717, 1.165) is 25.3 Å². The molecule has 0 spiro atoms. The van der Waals surface area contributed by atoms with Crippen LogP contribution in [0.4, 0.5) is 4.39 Å². The minimum atomic E-state index is -0.630. The Hall–Kier alpha value is -2.96. The van der Waals surface area contributed by atoms with Crippen molar-refractivity contribution in [2.45, 2.75) is 44.2 Å². The highest BCUT2D eigenvalue weighted by atomic mass is 35.5. The molecule has 29 heavy (non-hydrogen) atoms. The second kappa shape index (κ2) is 8.59. The van der Waals surface area contributed by atoms with Crippen molar-refractivity contribution in [3.8, 4) is 0 Å². The number of carbonyl (C=O) groups excluding carboxylic acids is 1. The molecule has 1 aliphatic carbocycles. The van der Waals surface area contributed by atoms with Crippen LogP contribution in [0.3, 0.4) is 0 Å². The van der Waals surface area contributed by atoms with E-state index in [1.54, 1.807) is 18.3 Å². The number of rotatable bonds is 6. The van der Waals surface area contributed by atoms with Gasteiger partial charge in [0.05, 0.1) is 10.6 Å². The van der Waals surface area contributed by atoms with Gasteiger partial charge in [0.25, 0.3) is 0 Å². The number of amidine groups is 1. The smallest absolute Gasteiger partial charge is 0.235 e. The van der Waals surface area contributed by atoms with Gasteiger partial charge in [-0.25, -0.2) is 19.2 Å². The quantitative estimate of drug-likeness (QED) is 0.287. The molecular weight excluding hydrogens is 395 g/mol. The van der Waals surface area contributed by atoms with Gasteiger partial charge in [-0.2, -0.15) is 4.99 Å². The zero-order valence-corrected chi connectivity index (χ0v) is 16.8. The molecule has 0 amide bonds. The first-order valence-electron chi connectivity index (χ1n) is 9.20. The molecule has 0 radical (unpaired) electrons. The number of hydrogen-bond donors (Lipinski definition) is 3. The number of halogens is 2. The van der Waals surface area contributed by atoms with Crippen LogP contribution >= 0.6 is 11.6 Å². The van der Waals surface area contributed by atoms with Crippen LogP contribution < -0.4 is 11.1 Å². The summed E-state index contributed by atoms with van der Waals surface area (Å²) >= 11 is 6.02. The molecule has 0 aromatic carbocycles. The van der Waals surface area contributed by atoms with Crippen LogP contribution in [0.1, 0.15) is 38.2 Å². The van der Waals surface area contributed by atoms with Crippen molar-refractivity contribution in [2.75, 3.05) is 0 Å². The predicted octanol–water partition coefficient (Wildman–Crippen LogP) is 3.87. The average molecular weight is 417 g/mol. The fourth-order valence-corrected chi connectivity index (χ4v) is 3.77. The van der Waals surface area contributed by atoms with E-state index in [-0.39, 0.29) is 17.7 Å². The van der Waals surface area contributed by atoms with E-state index in [2.05, 4.69) is 31.8 Å². The van der Waals surface area contributed by atoms with Gasteiger partial charge in [-0.1, -0.05) is 18.2 Å². The highest BCUT2D eigenvalue weighted by Gasteiger charge is 2.32. The number of hydrogen-bond acceptors (Lipinski definition) is 5. The molecule has 2 heterocycles. The van der Waals surface area contributed by atoms with Gasteiger partial charge in [-0.15, -0.1) is 0 Å². The summed E-state index contributed by atoms with van der Waals surface area (Å²) in [4.78, 5) is 26.1. The summed E-state index contributed by atoms with van der Waals surface area (Å²) in [6.45, 7) is 5.37. The summed E-state index contributed by atoms with van der Waals surface area (Å²) in [7, 11) is 0. The Morgan fingerprint density at radius 2 is 2.41 bits per heavy atom. The molecule has 7 nitrogen and oxygen atoms in total. The second-order valence-electron chi connectivity index (χ2n) is 7.29. The Morgan fingerprint density at radius 3 is 3.14 bits per heavy atom. The van der Waals surface area contributed by atoms with Gasteiger partial charge in [0.15, 0.2) is 11.6 Å². The minimum absolute atomic E-state index is 0.0221. The lowest BCUT2D eigenvalue weighted by molar-refractivity contribution is 0.270. The first-order chi connectivity index (χ1) is 13.8. The van der Waals surface area contributed by atoms with Gasteiger partial charge < -0.3 is 16.0 Å². The highest BCUT2D eigenvalue weighted by Crippen LogP contribution is 2.32. The maximum Gasteiger partial charge on any atom is 0.235 e. The van der Waals surface area contributed by atoms with Crippen LogP contribution in [0.2, 0.25) is 5.02 Å². The number of fused-ring (bicyclic) bond motifs is 1. The summed E-state index contributed by atoms with van der Waals surface area (Å²) in [6, 6.07) is 1.59. The van der Waals surface area contributed by atoms with Crippen molar-refractivity contribution < 1.29 is 9.18 Å². The van der Waals surface area contributed by atoms with Gasteiger partial charge in [0.1, 0.15) is 11.5 Å². The minimum Gasteiger partial charge on any atom is -0.383 e. The molecule has 2 atom stereocenters. The normalized spacial score (nSPS) is 23.3. The maximum atomic E-state index is 14.5. The lowest BCUT2D eigenvalue weighted by Crippen LogP contribution is -2.40. The molecule has 1 saturated carbocycles. The molecule has 0 unspecified atom stereocenters.